The molecule has 1 N–H and O–H groups in total. The van der Waals surface area contributed by atoms with Gasteiger partial charge in [0.2, 0.25) is 0 Å². The minimum Gasteiger partial charge on any atom is -0.374 e. The molecule has 0 spiro atoms. The number of carbonyl (C=O) groups excluding carboxylic acids is 1. The number of hydrogen-bond acceptors (Lipinski definition) is 7. The molecule has 2 aromatic rings. The maximum atomic E-state index is 14.1. The van der Waals surface area contributed by atoms with Crippen LogP contribution in [0.1, 0.15) is 45.1 Å². The highest BCUT2D eigenvalue weighted by atomic mass is 19.1. The third-order valence-electron chi connectivity index (χ3n) is 7.55. The Bertz CT molecular complexity index is 1130. The molecule has 192 valence electrons. The quantitative estimate of drug-likeness (QED) is 0.682. The number of aromatic nitrogens is 1. The van der Waals surface area contributed by atoms with Crippen LogP contribution in [0.4, 0.5) is 27.3 Å². The van der Waals surface area contributed by atoms with Crippen LogP contribution in [0.3, 0.4) is 0 Å². The van der Waals surface area contributed by atoms with Crippen molar-refractivity contribution in [2.45, 2.75) is 76.5 Å². The molecule has 4 atom stereocenters. The molecule has 0 saturated carbocycles. The number of carbonyl (C=O) groups is 1. The molecule has 7 rings (SSSR count). The van der Waals surface area contributed by atoms with Crippen molar-refractivity contribution < 1.29 is 23.4 Å². The lowest BCUT2D eigenvalue weighted by Gasteiger charge is -2.46. The summed E-state index contributed by atoms with van der Waals surface area (Å²) in [4.78, 5) is 22.3. The van der Waals surface area contributed by atoms with Crippen molar-refractivity contribution in [2.24, 2.45) is 0 Å². The summed E-state index contributed by atoms with van der Waals surface area (Å²) in [5.41, 5.74) is 3.21. The van der Waals surface area contributed by atoms with Crippen molar-refractivity contribution in [3.63, 3.8) is 0 Å². The number of fused-ring (bicyclic) bond motifs is 5. The predicted octanol–water partition coefficient (Wildman–Crippen LogP) is 4.15. The van der Waals surface area contributed by atoms with Gasteiger partial charge in [-0.15, -0.1) is 0 Å². The smallest absolute Gasteiger partial charge is 0.256 e. The molecule has 0 unspecified atom stereocenters. The predicted molar refractivity (Wildman–Crippen MR) is 134 cm³/mol. The van der Waals surface area contributed by atoms with Crippen molar-refractivity contribution in [1.82, 2.24) is 4.98 Å². The van der Waals surface area contributed by atoms with Gasteiger partial charge in [0, 0.05) is 17.8 Å². The summed E-state index contributed by atoms with van der Waals surface area (Å²) in [5, 5.41) is 3.34. The van der Waals surface area contributed by atoms with Gasteiger partial charge >= 0.3 is 0 Å². The third-order valence-corrected chi connectivity index (χ3v) is 7.55. The largest absolute Gasteiger partial charge is 0.374 e. The van der Waals surface area contributed by atoms with Crippen molar-refractivity contribution in [2.75, 3.05) is 34.9 Å². The van der Waals surface area contributed by atoms with Crippen molar-refractivity contribution in [1.29, 1.82) is 0 Å². The van der Waals surface area contributed by atoms with E-state index in [1.807, 2.05) is 19.9 Å². The van der Waals surface area contributed by atoms with Crippen molar-refractivity contribution in [3.8, 4) is 0 Å². The van der Waals surface area contributed by atoms with Crippen LogP contribution >= 0.6 is 0 Å². The zero-order valence-corrected chi connectivity index (χ0v) is 20.8. The summed E-state index contributed by atoms with van der Waals surface area (Å²) in [6.45, 7) is 6.18. The monoisotopic (exact) mass is 496 g/mol. The molecule has 0 radical (unpaired) electrons. The number of amides is 1. The SMILES string of the molecule is CC(C)O[C@@H]1CC[C@H](C(=O)N2Cc3cc(F)cnc3Nc3ccc(N4C[C@@H]5CC[C@H]4CO5)cc32)OC1. The average Bonchev–Trinajstić information content (AvgIpc) is 3.05. The lowest BCUT2D eigenvalue weighted by Crippen LogP contribution is -2.54. The Kier molecular flexibility index (Phi) is 6.31. The van der Waals surface area contributed by atoms with E-state index in [0.717, 1.165) is 49.5 Å². The van der Waals surface area contributed by atoms with E-state index < -0.39 is 11.9 Å². The maximum Gasteiger partial charge on any atom is 0.256 e. The Hall–Kier alpha value is -2.75. The summed E-state index contributed by atoms with van der Waals surface area (Å²) in [6, 6.07) is 7.91. The van der Waals surface area contributed by atoms with Gasteiger partial charge in [0.15, 0.2) is 0 Å². The van der Waals surface area contributed by atoms with Gasteiger partial charge in [0.1, 0.15) is 17.7 Å². The Morgan fingerprint density at radius 2 is 2.06 bits per heavy atom. The van der Waals surface area contributed by atoms with Crippen molar-refractivity contribution in [3.05, 3.63) is 41.8 Å². The van der Waals surface area contributed by atoms with E-state index >= 15 is 0 Å². The molecule has 4 saturated heterocycles. The van der Waals surface area contributed by atoms with Gasteiger partial charge in [-0.2, -0.15) is 0 Å². The molecule has 0 aliphatic carbocycles. The van der Waals surface area contributed by atoms with Crippen LogP contribution in [0.5, 0.6) is 0 Å². The molecule has 8 nitrogen and oxygen atoms in total. The van der Waals surface area contributed by atoms with Gasteiger partial charge in [-0.05, 0) is 63.8 Å². The first-order valence-corrected chi connectivity index (χ1v) is 13.0. The first-order valence-electron chi connectivity index (χ1n) is 13.0. The van der Waals surface area contributed by atoms with Gasteiger partial charge in [0.25, 0.3) is 5.91 Å². The highest BCUT2D eigenvalue weighted by Gasteiger charge is 2.37. The summed E-state index contributed by atoms with van der Waals surface area (Å²) in [6.07, 6.45) is 4.51. The Morgan fingerprint density at radius 3 is 2.75 bits per heavy atom. The molecule has 36 heavy (non-hydrogen) atoms. The second kappa shape index (κ2) is 9.61. The third kappa shape index (κ3) is 4.55. The number of halogens is 1. The van der Waals surface area contributed by atoms with Gasteiger partial charge < -0.3 is 29.3 Å². The number of pyridine rings is 1. The van der Waals surface area contributed by atoms with E-state index in [4.69, 9.17) is 14.2 Å². The second-order valence-electron chi connectivity index (χ2n) is 10.5. The molecule has 1 aromatic carbocycles. The second-order valence-corrected chi connectivity index (χ2v) is 10.5. The van der Waals surface area contributed by atoms with E-state index in [2.05, 4.69) is 27.3 Å². The molecule has 1 amide bonds. The van der Waals surface area contributed by atoms with E-state index in [9.17, 15) is 9.18 Å². The number of nitrogens with one attached hydrogen (secondary N) is 1. The Morgan fingerprint density at radius 1 is 1.17 bits per heavy atom. The molecule has 9 heteroatoms. The topological polar surface area (TPSA) is 76.2 Å². The van der Waals surface area contributed by atoms with E-state index in [1.54, 1.807) is 4.90 Å². The molecule has 1 aromatic heterocycles. The van der Waals surface area contributed by atoms with Crippen LogP contribution in [-0.2, 0) is 25.5 Å². The van der Waals surface area contributed by atoms with Crippen LogP contribution < -0.4 is 15.1 Å². The Labute approximate surface area is 210 Å². The molecule has 6 heterocycles. The highest BCUT2D eigenvalue weighted by molar-refractivity contribution is 6.01. The number of hydrogen-bond donors (Lipinski definition) is 1. The van der Waals surface area contributed by atoms with E-state index in [1.165, 1.54) is 12.3 Å². The highest BCUT2D eigenvalue weighted by Crippen LogP contribution is 2.40. The summed E-state index contributed by atoms with van der Waals surface area (Å²) in [5.74, 6) is 0.00132. The number of ether oxygens (including phenoxy) is 3. The number of nitrogens with zero attached hydrogens (tertiary/aromatic N) is 3. The van der Waals surface area contributed by atoms with Gasteiger partial charge in [-0.3, -0.25) is 4.79 Å². The van der Waals surface area contributed by atoms with Crippen LogP contribution in [0.25, 0.3) is 0 Å². The first-order chi connectivity index (χ1) is 17.4. The maximum absolute atomic E-state index is 14.1. The lowest BCUT2D eigenvalue weighted by atomic mass is 9.96. The zero-order valence-electron chi connectivity index (χ0n) is 20.8. The van der Waals surface area contributed by atoms with E-state index in [0.29, 0.717) is 30.5 Å². The fourth-order valence-electron chi connectivity index (χ4n) is 5.78. The number of piperidine rings is 1. The number of anilines is 4. The molecule has 5 aliphatic heterocycles. The lowest BCUT2D eigenvalue weighted by molar-refractivity contribution is -0.143. The minimum atomic E-state index is -0.573. The molecule has 2 bridgehead atoms. The average molecular weight is 497 g/mol. The first kappa shape index (κ1) is 23.6. The molecular formula is C27H33FN4O4. The fraction of sp³-hybridized carbons (Fsp3) is 0.556. The number of morpholine rings is 1. The van der Waals surface area contributed by atoms with Gasteiger partial charge in [0.05, 0.1) is 61.7 Å². The Balaban J connectivity index is 1.32. The van der Waals surface area contributed by atoms with Crippen LogP contribution in [0, 0.1) is 5.82 Å². The number of rotatable bonds is 4. The minimum absolute atomic E-state index is 0.00509. The standard InChI is InChI=1S/C27H33FN4O4/c1-16(2)36-22-6-8-25(35-15-22)27(33)32-12-17-9-18(28)11-29-26(17)30-23-7-4-19(10-24(23)32)31-13-21-5-3-20(31)14-34-21/h4,7,9-11,16,20-22,25H,3,5-6,8,12-15H2,1-2H3,(H,29,30)/t20-,21-,22+,25+/m0/s1. The normalized spacial score (nSPS) is 27.3. The van der Waals surface area contributed by atoms with Crippen LogP contribution in [0.2, 0.25) is 0 Å². The number of benzene rings is 1. The van der Waals surface area contributed by atoms with E-state index in [-0.39, 0.29) is 30.8 Å². The fourth-order valence-corrected chi connectivity index (χ4v) is 5.78. The van der Waals surface area contributed by atoms with Crippen LogP contribution in [-0.4, -0.2) is 61.1 Å². The molecular weight excluding hydrogens is 463 g/mol. The summed E-state index contributed by atoms with van der Waals surface area (Å²) < 4.78 is 31.9. The van der Waals surface area contributed by atoms with Crippen molar-refractivity contribution >= 4 is 28.8 Å². The van der Waals surface area contributed by atoms with Crippen LogP contribution in [0.15, 0.2) is 30.5 Å². The molecule has 5 aliphatic rings. The summed E-state index contributed by atoms with van der Waals surface area (Å²) >= 11 is 0. The molecule has 4 fully saturated rings. The zero-order chi connectivity index (χ0) is 24.8. The van der Waals surface area contributed by atoms with Gasteiger partial charge in [-0.25, -0.2) is 9.37 Å². The van der Waals surface area contributed by atoms with Gasteiger partial charge in [-0.1, -0.05) is 0 Å². The summed E-state index contributed by atoms with van der Waals surface area (Å²) in [7, 11) is 0.